The van der Waals surface area contributed by atoms with Gasteiger partial charge in [-0.15, -0.1) is 0 Å². The van der Waals surface area contributed by atoms with Crippen molar-refractivity contribution in [2.45, 2.75) is 12.8 Å². The molecule has 0 spiro atoms. The van der Waals surface area contributed by atoms with E-state index in [9.17, 15) is 9.59 Å². The molecule has 0 bridgehead atoms. The average molecular weight is 403 g/mol. The van der Waals surface area contributed by atoms with E-state index in [1.165, 1.54) is 0 Å². The maximum absolute atomic E-state index is 12.7. The van der Waals surface area contributed by atoms with E-state index in [0.717, 1.165) is 5.56 Å². The maximum Gasteiger partial charge on any atom is 0.303 e. The topological polar surface area (TPSA) is 71.3 Å². The number of carbonyl (C=O) groups excluding carboxylic acids is 1. The van der Waals surface area contributed by atoms with Crippen LogP contribution in [0.15, 0.2) is 60.7 Å². The van der Waals surface area contributed by atoms with E-state index in [1.54, 1.807) is 47.1 Å². The Kier molecular flexibility index (Phi) is 5.84. The fourth-order valence-corrected chi connectivity index (χ4v) is 3.04. The molecule has 3 rings (SSSR count). The lowest BCUT2D eigenvalue weighted by molar-refractivity contribution is -0.136. The average Bonchev–Trinajstić information content (AvgIpc) is 3.03. The standard InChI is InChI=1S/C20H16Cl2N2O3/c21-14-7-5-13(6-8-14)18-11-9-15(10-12-19(25)26)24(18)23-20(27)16-3-1-2-4-17(16)22/h1-9,11H,10,12H2,(H,23,27)(H,25,26). The van der Waals surface area contributed by atoms with E-state index in [1.807, 2.05) is 18.2 Å². The first-order chi connectivity index (χ1) is 13.0. The summed E-state index contributed by atoms with van der Waals surface area (Å²) in [5, 5.41) is 9.92. The normalized spacial score (nSPS) is 10.6. The van der Waals surface area contributed by atoms with Crippen molar-refractivity contribution < 1.29 is 14.7 Å². The highest BCUT2D eigenvalue weighted by atomic mass is 35.5. The summed E-state index contributed by atoms with van der Waals surface area (Å²) in [6.07, 6.45) is 0.220. The molecule has 3 aromatic rings. The molecule has 5 nitrogen and oxygen atoms in total. The number of hydrogen-bond acceptors (Lipinski definition) is 2. The molecule has 1 amide bonds. The molecule has 0 aliphatic heterocycles. The molecule has 0 radical (unpaired) electrons. The zero-order chi connectivity index (χ0) is 19.4. The molecular formula is C20H16Cl2N2O3. The number of aliphatic carboxylic acids is 1. The van der Waals surface area contributed by atoms with Crippen LogP contribution in [0.5, 0.6) is 0 Å². The van der Waals surface area contributed by atoms with E-state index in [0.29, 0.717) is 27.0 Å². The Bertz CT molecular complexity index is 981. The molecule has 2 aromatic carbocycles. The summed E-state index contributed by atoms with van der Waals surface area (Å²) in [4.78, 5) is 23.7. The third-order valence-electron chi connectivity index (χ3n) is 4.03. The van der Waals surface area contributed by atoms with Crippen LogP contribution >= 0.6 is 23.2 Å². The number of benzene rings is 2. The molecule has 7 heteroatoms. The van der Waals surface area contributed by atoms with Crippen LogP contribution in [-0.2, 0) is 11.2 Å². The molecule has 1 heterocycles. The summed E-state index contributed by atoms with van der Waals surface area (Å²) in [5.74, 6) is -1.29. The summed E-state index contributed by atoms with van der Waals surface area (Å²) in [6.45, 7) is 0. The monoisotopic (exact) mass is 402 g/mol. The number of nitrogens with one attached hydrogen (secondary N) is 1. The lowest BCUT2D eigenvalue weighted by atomic mass is 10.1. The van der Waals surface area contributed by atoms with Gasteiger partial charge in [0.25, 0.3) is 5.91 Å². The maximum atomic E-state index is 12.7. The zero-order valence-corrected chi connectivity index (χ0v) is 15.7. The van der Waals surface area contributed by atoms with Crippen LogP contribution in [0.25, 0.3) is 11.3 Å². The van der Waals surface area contributed by atoms with Gasteiger partial charge in [-0.2, -0.15) is 0 Å². The van der Waals surface area contributed by atoms with Gasteiger partial charge < -0.3 is 5.11 Å². The lowest BCUT2D eigenvalue weighted by Gasteiger charge is -2.15. The molecule has 1 aromatic heterocycles. The van der Waals surface area contributed by atoms with Gasteiger partial charge in [-0.3, -0.25) is 19.7 Å². The van der Waals surface area contributed by atoms with E-state index in [4.69, 9.17) is 28.3 Å². The number of halogens is 2. The van der Waals surface area contributed by atoms with Gasteiger partial charge in [-0.1, -0.05) is 47.5 Å². The van der Waals surface area contributed by atoms with Gasteiger partial charge in [0, 0.05) is 22.7 Å². The van der Waals surface area contributed by atoms with Crippen LogP contribution in [0.4, 0.5) is 0 Å². The molecule has 0 saturated carbocycles. The SMILES string of the molecule is O=C(O)CCc1ccc(-c2ccc(Cl)cc2)n1NC(=O)c1ccccc1Cl. The third kappa shape index (κ3) is 4.51. The van der Waals surface area contributed by atoms with Crippen molar-refractivity contribution in [3.8, 4) is 11.3 Å². The van der Waals surface area contributed by atoms with Crippen molar-refractivity contribution in [1.29, 1.82) is 0 Å². The number of hydrogen-bond donors (Lipinski definition) is 2. The van der Waals surface area contributed by atoms with Crippen LogP contribution in [-0.4, -0.2) is 21.7 Å². The van der Waals surface area contributed by atoms with Crippen molar-refractivity contribution >= 4 is 35.1 Å². The number of carboxylic acids is 1. The van der Waals surface area contributed by atoms with Crippen LogP contribution in [0.2, 0.25) is 10.0 Å². The summed E-state index contributed by atoms with van der Waals surface area (Å²) < 4.78 is 1.60. The molecule has 0 saturated heterocycles. The Morgan fingerprint density at radius 3 is 2.33 bits per heavy atom. The van der Waals surface area contributed by atoms with Gasteiger partial charge in [-0.25, -0.2) is 0 Å². The van der Waals surface area contributed by atoms with Crippen molar-refractivity contribution in [2.24, 2.45) is 0 Å². The first kappa shape index (κ1) is 19.0. The number of aromatic nitrogens is 1. The van der Waals surface area contributed by atoms with Crippen LogP contribution < -0.4 is 5.43 Å². The molecular weight excluding hydrogens is 387 g/mol. The highest BCUT2D eigenvalue weighted by molar-refractivity contribution is 6.34. The second-order valence-electron chi connectivity index (χ2n) is 5.87. The molecule has 0 aliphatic carbocycles. The van der Waals surface area contributed by atoms with Gasteiger partial charge in [0.15, 0.2) is 0 Å². The molecule has 0 fully saturated rings. The quantitative estimate of drug-likeness (QED) is 0.617. The second kappa shape index (κ2) is 8.29. The molecule has 0 aliphatic rings. The number of carboxylic acid groups (broad SMARTS) is 1. The van der Waals surface area contributed by atoms with Crippen molar-refractivity contribution in [2.75, 3.05) is 5.43 Å². The molecule has 138 valence electrons. The van der Waals surface area contributed by atoms with Crippen molar-refractivity contribution in [1.82, 2.24) is 4.68 Å². The minimum Gasteiger partial charge on any atom is -0.481 e. The summed E-state index contributed by atoms with van der Waals surface area (Å²) in [6, 6.07) is 17.5. The Morgan fingerprint density at radius 2 is 1.67 bits per heavy atom. The van der Waals surface area contributed by atoms with E-state index < -0.39 is 5.97 Å². The minimum absolute atomic E-state index is 0.0496. The number of carbonyl (C=O) groups is 2. The number of amides is 1. The minimum atomic E-state index is -0.909. The van der Waals surface area contributed by atoms with Gasteiger partial charge in [0.1, 0.15) is 0 Å². The molecule has 27 heavy (non-hydrogen) atoms. The Labute approximate surface area is 166 Å². The Morgan fingerprint density at radius 1 is 0.963 bits per heavy atom. The lowest BCUT2D eigenvalue weighted by Crippen LogP contribution is -2.25. The van der Waals surface area contributed by atoms with Gasteiger partial charge in [0.05, 0.1) is 22.7 Å². The Hall–Kier alpha value is -2.76. The van der Waals surface area contributed by atoms with Crippen molar-refractivity contribution in [3.05, 3.63) is 82.0 Å². The first-order valence-electron chi connectivity index (χ1n) is 8.20. The van der Waals surface area contributed by atoms with Gasteiger partial charge >= 0.3 is 5.97 Å². The van der Waals surface area contributed by atoms with Gasteiger partial charge in [0.2, 0.25) is 0 Å². The predicted molar refractivity (Wildman–Crippen MR) is 106 cm³/mol. The van der Waals surface area contributed by atoms with Crippen molar-refractivity contribution in [3.63, 3.8) is 0 Å². The highest BCUT2D eigenvalue weighted by Crippen LogP contribution is 2.25. The van der Waals surface area contributed by atoms with Crippen LogP contribution in [0.1, 0.15) is 22.5 Å². The highest BCUT2D eigenvalue weighted by Gasteiger charge is 2.16. The Balaban J connectivity index is 1.98. The largest absolute Gasteiger partial charge is 0.481 e. The number of aryl methyl sites for hydroxylation is 1. The van der Waals surface area contributed by atoms with Gasteiger partial charge in [-0.05, 0) is 36.4 Å². The smallest absolute Gasteiger partial charge is 0.303 e. The number of rotatable bonds is 6. The zero-order valence-electron chi connectivity index (χ0n) is 14.2. The second-order valence-corrected chi connectivity index (χ2v) is 6.71. The summed E-state index contributed by atoms with van der Waals surface area (Å²) >= 11 is 12.1. The fourth-order valence-electron chi connectivity index (χ4n) is 2.69. The fraction of sp³-hybridized carbons (Fsp3) is 0.100. The predicted octanol–water partition coefficient (Wildman–Crippen LogP) is 4.86. The van der Waals surface area contributed by atoms with Crippen LogP contribution in [0, 0.1) is 0 Å². The summed E-state index contributed by atoms with van der Waals surface area (Å²) in [7, 11) is 0. The van der Waals surface area contributed by atoms with E-state index in [-0.39, 0.29) is 18.7 Å². The summed E-state index contributed by atoms with van der Waals surface area (Å²) in [5.41, 5.74) is 5.37. The molecule has 0 unspecified atom stereocenters. The molecule has 2 N–H and O–H groups in total. The first-order valence-corrected chi connectivity index (χ1v) is 8.95. The van der Waals surface area contributed by atoms with Crippen LogP contribution in [0.3, 0.4) is 0 Å². The molecule has 0 atom stereocenters. The van der Waals surface area contributed by atoms with E-state index >= 15 is 0 Å². The third-order valence-corrected chi connectivity index (χ3v) is 4.61. The van der Waals surface area contributed by atoms with E-state index in [2.05, 4.69) is 5.43 Å². The number of nitrogens with zero attached hydrogens (tertiary/aromatic N) is 1.